The van der Waals surface area contributed by atoms with Gasteiger partial charge < -0.3 is 9.73 Å². The van der Waals surface area contributed by atoms with Crippen LogP contribution >= 0.6 is 0 Å². The molecule has 0 spiro atoms. The van der Waals surface area contributed by atoms with Gasteiger partial charge in [-0.25, -0.2) is 14.6 Å². The maximum Gasteiger partial charge on any atom is 0.297 e. The predicted molar refractivity (Wildman–Crippen MR) is 114 cm³/mol. The van der Waals surface area contributed by atoms with Crippen molar-refractivity contribution in [1.29, 1.82) is 0 Å². The molecule has 3 aromatic heterocycles. The van der Waals surface area contributed by atoms with Gasteiger partial charge in [0.1, 0.15) is 30.3 Å². The van der Waals surface area contributed by atoms with Crippen molar-refractivity contribution in [3.63, 3.8) is 0 Å². The predicted octanol–water partition coefficient (Wildman–Crippen LogP) is 2.60. The van der Waals surface area contributed by atoms with E-state index in [4.69, 9.17) is 4.42 Å². The number of fused-ring (bicyclic) bond motifs is 3. The Labute approximate surface area is 176 Å². The summed E-state index contributed by atoms with van der Waals surface area (Å²) in [7, 11) is 0. The van der Waals surface area contributed by atoms with Crippen LogP contribution in [0.2, 0.25) is 0 Å². The molecule has 0 radical (unpaired) electrons. The fourth-order valence-corrected chi connectivity index (χ4v) is 3.51. The van der Waals surface area contributed by atoms with Crippen molar-refractivity contribution in [2.24, 2.45) is 0 Å². The Hall–Kier alpha value is -4.27. The van der Waals surface area contributed by atoms with Crippen LogP contribution in [0.15, 0.2) is 76.7 Å². The number of nitrogens with one attached hydrogen (secondary N) is 1. The number of benzene rings is 2. The Balaban J connectivity index is 1.32. The number of amides is 1. The third-order valence-electron chi connectivity index (χ3n) is 5.12. The second-order valence-electron chi connectivity index (χ2n) is 7.17. The number of carbonyl (C=O) groups is 1. The number of hydrogen-bond acceptors (Lipinski definition) is 6. The van der Waals surface area contributed by atoms with Crippen molar-refractivity contribution in [3.05, 3.63) is 83.4 Å². The third kappa shape index (κ3) is 3.46. The average molecular weight is 414 g/mol. The van der Waals surface area contributed by atoms with E-state index in [-0.39, 0.29) is 29.6 Å². The van der Waals surface area contributed by atoms with Gasteiger partial charge in [-0.1, -0.05) is 24.3 Å². The van der Waals surface area contributed by atoms with E-state index in [0.29, 0.717) is 11.1 Å². The monoisotopic (exact) mass is 414 g/mol. The highest BCUT2D eigenvalue weighted by Gasteiger charge is 2.16. The summed E-state index contributed by atoms with van der Waals surface area (Å²) < 4.78 is 8.56. The molecule has 0 aliphatic carbocycles. The number of aromatic nitrogens is 5. The van der Waals surface area contributed by atoms with E-state index < -0.39 is 0 Å². The molecule has 1 N–H and O–H groups in total. The van der Waals surface area contributed by atoms with Crippen LogP contribution in [0.25, 0.3) is 27.8 Å². The first-order valence-corrected chi connectivity index (χ1v) is 9.71. The van der Waals surface area contributed by atoms with Gasteiger partial charge in [0, 0.05) is 5.39 Å². The van der Waals surface area contributed by atoms with Crippen molar-refractivity contribution in [2.75, 3.05) is 0 Å². The second-order valence-corrected chi connectivity index (χ2v) is 7.17. The van der Waals surface area contributed by atoms with Crippen LogP contribution in [0.3, 0.4) is 0 Å². The first kappa shape index (κ1) is 18.7. The number of rotatable bonds is 5. The van der Waals surface area contributed by atoms with E-state index in [1.165, 1.54) is 17.2 Å². The molecule has 154 valence electrons. The van der Waals surface area contributed by atoms with Crippen molar-refractivity contribution in [1.82, 2.24) is 29.6 Å². The summed E-state index contributed by atoms with van der Waals surface area (Å²) >= 11 is 0. The average Bonchev–Trinajstić information content (AvgIpc) is 3.44. The second kappa shape index (κ2) is 7.52. The summed E-state index contributed by atoms with van der Waals surface area (Å²) in [5.74, 6) is -0.299. The number of furan rings is 1. The first-order chi connectivity index (χ1) is 15.1. The summed E-state index contributed by atoms with van der Waals surface area (Å²) in [6.07, 6.45) is 4.46. The molecule has 5 aromatic rings. The molecule has 0 saturated heterocycles. The van der Waals surface area contributed by atoms with Crippen LogP contribution in [0.4, 0.5) is 0 Å². The smallest absolute Gasteiger partial charge is 0.297 e. The molecule has 0 saturated carbocycles. The lowest BCUT2D eigenvalue weighted by atomic mass is 10.1. The van der Waals surface area contributed by atoms with Gasteiger partial charge in [0.25, 0.3) is 5.56 Å². The highest BCUT2D eigenvalue weighted by Crippen LogP contribution is 2.24. The van der Waals surface area contributed by atoms with E-state index in [2.05, 4.69) is 20.4 Å². The highest BCUT2D eigenvalue weighted by atomic mass is 16.3. The zero-order valence-corrected chi connectivity index (χ0v) is 16.6. The standard InChI is InChI=1S/C22H18N6O3/c1-14(15-6-8-16(9-7-15)28-12-23-11-25-28)26-19(29)10-27-13-24-20-17-4-2-3-5-18(17)31-21(20)22(27)30/h2-9,11-14H,10H2,1H3,(H,26,29). The largest absolute Gasteiger partial charge is 0.448 e. The van der Waals surface area contributed by atoms with Crippen molar-refractivity contribution >= 4 is 28.0 Å². The van der Waals surface area contributed by atoms with Gasteiger partial charge in [0.15, 0.2) is 0 Å². The topological polar surface area (TPSA) is 108 Å². The van der Waals surface area contributed by atoms with Crippen LogP contribution in [0.1, 0.15) is 18.5 Å². The number of para-hydroxylation sites is 1. The molecular formula is C22H18N6O3. The normalized spacial score (nSPS) is 12.3. The molecule has 1 amide bonds. The molecule has 0 fully saturated rings. The molecule has 5 rings (SSSR count). The Kier molecular flexibility index (Phi) is 4.55. The van der Waals surface area contributed by atoms with Crippen LogP contribution in [-0.4, -0.2) is 30.2 Å². The highest BCUT2D eigenvalue weighted by molar-refractivity contribution is 6.01. The molecule has 0 bridgehead atoms. The SMILES string of the molecule is CC(NC(=O)Cn1cnc2c(oc3ccccc32)c1=O)c1ccc(-n2cncn2)cc1. The van der Waals surface area contributed by atoms with Crippen LogP contribution in [0.5, 0.6) is 0 Å². The maximum atomic E-state index is 12.8. The summed E-state index contributed by atoms with van der Waals surface area (Å²) in [5.41, 5.74) is 2.65. The summed E-state index contributed by atoms with van der Waals surface area (Å²) in [6, 6.07) is 14.7. The van der Waals surface area contributed by atoms with Crippen LogP contribution < -0.4 is 10.9 Å². The van der Waals surface area contributed by atoms with Gasteiger partial charge in [-0.15, -0.1) is 0 Å². The molecule has 2 aromatic carbocycles. The molecule has 1 atom stereocenters. The fraction of sp³-hybridized carbons (Fsp3) is 0.136. The Morgan fingerprint density at radius 2 is 1.94 bits per heavy atom. The van der Waals surface area contributed by atoms with E-state index >= 15 is 0 Å². The lowest BCUT2D eigenvalue weighted by Gasteiger charge is -2.15. The Bertz CT molecular complexity index is 1430. The number of hydrogen-bond donors (Lipinski definition) is 1. The molecule has 9 heteroatoms. The molecule has 0 aliphatic rings. The van der Waals surface area contributed by atoms with Gasteiger partial charge >= 0.3 is 0 Å². The number of nitrogens with zero attached hydrogens (tertiary/aromatic N) is 5. The lowest BCUT2D eigenvalue weighted by Crippen LogP contribution is -2.33. The summed E-state index contributed by atoms with van der Waals surface area (Å²) in [5, 5.41) is 7.77. The molecular weight excluding hydrogens is 396 g/mol. The van der Waals surface area contributed by atoms with Gasteiger partial charge in [-0.2, -0.15) is 5.10 Å². The molecule has 3 heterocycles. The van der Waals surface area contributed by atoms with Crippen LogP contribution in [-0.2, 0) is 11.3 Å². The van der Waals surface area contributed by atoms with Crippen molar-refractivity contribution in [2.45, 2.75) is 19.5 Å². The van der Waals surface area contributed by atoms with Gasteiger partial charge in [-0.3, -0.25) is 14.2 Å². The molecule has 31 heavy (non-hydrogen) atoms. The van der Waals surface area contributed by atoms with Gasteiger partial charge in [-0.05, 0) is 36.8 Å². The minimum atomic E-state index is -0.388. The minimum Gasteiger partial charge on any atom is -0.448 e. The Morgan fingerprint density at radius 3 is 2.71 bits per heavy atom. The zero-order valence-electron chi connectivity index (χ0n) is 16.6. The minimum absolute atomic E-state index is 0.147. The first-order valence-electron chi connectivity index (χ1n) is 9.71. The van der Waals surface area contributed by atoms with Gasteiger partial charge in [0.2, 0.25) is 11.5 Å². The van der Waals surface area contributed by atoms with Crippen LogP contribution in [0, 0.1) is 0 Å². The van der Waals surface area contributed by atoms with E-state index in [9.17, 15) is 9.59 Å². The Morgan fingerprint density at radius 1 is 1.13 bits per heavy atom. The van der Waals surface area contributed by atoms with E-state index in [1.54, 1.807) is 17.1 Å². The van der Waals surface area contributed by atoms with Gasteiger partial charge in [0.05, 0.1) is 18.1 Å². The molecule has 9 nitrogen and oxygen atoms in total. The third-order valence-corrected chi connectivity index (χ3v) is 5.12. The maximum absolute atomic E-state index is 12.8. The number of carbonyl (C=O) groups excluding carboxylic acids is 1. The quantitative estimate of drug-likeness (QED) is 0.474. The molecule has 0 aliphatic heterocycles. The van der Waals surface area contributed by atoms with Crippen molar-refractivity contribution in [3.8, 4) is 5.69 Å². The summed E-state index contributed by atoms with van der Waals surface area (Å²) in [6.45, 7) is 1.73. The zero-order chi connectivity index (χ0) is 21.4. The lowest BCUT2D eigenvalue weighted by molar-refractivity contribution is -0.122. The van der Waals surface area contributed by atoms with E-state index in [1.807, 2.05) is 49.4 Å². The fourth-order valence-electron chi connectivity index (χ4n) is 3.51. The van der Waals surface area contributed by atoms with Crippen molar-refractivity contribution < 1.29 is 9.21 Å². The van der Waals surface area contributed by atoms with E-state index in [0.717, 1.165) is 16.6 Å². The molecule has 1 unspecified atom stereocenters. The summed E-state index contributed by atoms with van der Waals surface area (Å²) in [4.78, 5) is 33.6.